The van der Waals surface area contributed by atoms with Gasteiger partial charge in [0.2, 0.25) is 5.89 Å². The van der Waals surface area contributed by atoms with Crippen molar-refractivity contribution < 1.29 is 13.9 Å². The zero-order valence-electron chi connectivity index (χ0n) is 10.6. The molecular weight excluding hydrogens is 248 g/mol. The highest BCUT2D eigenvalue weighted by molar-refractivity contribution is 5.89. The number of nitrogens with one attached hydrogen (secondary N) is 1. The Hall–Kier alpha value is -2.57. The van der Waals surface area contributed by atoms with Crippen LogP contribution in [0.15, 0.2) is 22.6 Å². The molecule has 0 aliphatic rings. The van der Waals surface area contributed by atoms with Crippen molar-refractivity contribution in [1.82, 2.24) is 10.2 Å². The molecule has 0 unspecified atom stereocenters. The SMILES string of the molecule is Cc1nnc(NC(=O)COc2ccc(N)cc2C)o1. The number of nitrogens with two attached hydrogens (primary N) is 1. The van der Waals surface area contributed by atoms with Crippen molar-refractivity contribution in [3.05, 3.63) is 29.7 Å². The minimum Gasteiger partial charge on any atom is -0.483 e. The van der Waals surface area contributed by atoms with Gasteiger partial charge in [-0.25, -0.2) is 0 Å². The largest absolute Gasteiger partial charge is 0.483 e. The van der Waals surface area contributed by atoms with Gasteiger partial charge in [0.25, 0.3) is 5.91 Å². The first kappa shape index (κ1) is 12.9. The molecule has 0 spiro atoms. The summed E-state index contributed by atoms with van der Waals surface area (Å²) in [6.07, 6.45) is 0. The van der Waals surface area contributed by atoms with Gasteiger partial charge in [0.15, 0.2) is 6.61 Å². The second kappa shape index (κ2) is 5.38. The fourth-order valence-corrected chi connectivity index (χ4v) is 1.48. The van der Waals surface area contributed by atoms with Crippen LogP contribution in [0.2, 0.25) is 0 Å². The number of benzene rings is 1. The van der Waals surface area contributed by atoms with Crippen LogP contribution in [-0.4, -0.2) is 22.7 Å². The van der Waals surface area contributed by atoms with Crippen LogP contribution in [0.4, 0.5) is 11.7 Å². The number of nitrogens with zero attached hydrogens (tertiary/aromatic N) is 2. The van der Waals surface area contributed by atoms with Gasteiger partial charge in [0.1, 0.15) is 5.75 Å². The molecule has 7 nitrogen and oxygen atoms in total. The molecule has 0 saturated carbocycles. The van der Waals surface area contributed by atoms with E-state index in [9.17, 15) is 4.79 Å². The maximum Gasteiger partial charge on any atom is 0.322 e. The molecule has 3 N–H and O–H groups in total. The lowest BCUT2D eigenvalue weighted by molar-refractivity contribution is -0.118. The van der Waals surface area contributed by atoms with Gasteiger partial charge >= 0.3 is 6.01 Å². The molecular formula is C12H14N4O3. The predicted molar refractivity (Wildman–Crippen MR) is 68.8 cm³/mol. The van der Waals surface area contributed by atoms with E-state index in [-0.39, 0.29) is 18.5 Å². The van der Waals surface area contributed by atoms with Crippen molar-refractivity contribution in [2.24, 2.45) is 0 Å². The van der Waals surface area contributed by atoms with Gasteiger partial charge in [-0.15, -0.1) is 5.10 Å². The van der Waals surface area contributed by atoms with Crippen molar-refractivity contribution in [2.45, 2.75) is 13.8 Å². The van der Waals surface area contributed by atoms with Crippen LogP contribution in [0.5, 0.6) is 5.75 Å². The molecule has 2 aromatic rings. The Kier molecular flexibility index (Phi) is 3.65. The van der Waals surface area contributed by atoms with Gasteiger partial charge in [0, 0.05) is 12.6 Å². The minimum absolute atomic E-state index is 0.0557. The molecule has 7 heteroatoms. The monoisotopic (exact) mass is 262 g/mol. The van der Waals surface area contributed by atoms with Gasteiger partial charge in [-0.05, 0) is 30.7 Å². The lowest BCUT2D eigenvalue weighted by Gasteiger charge is -2.08. The Morgan fingerprint density at radius 1 is 1.42 bits per heavy atom. The number of anilines is 2. The molecule has 0 bridgehead atoms. The van der Waals surface area contributed by atoms with Gasteiger partial charge in [-0.2, -0.15) is 0 Å². The normalized spacial score (nSPS) is 10.2. The molecule has 1 aromatic heterocycles. The van der Waals surface area contributed by atoms with E-state index in [1.54, 1.807) is 25.1 Å². The summed E-state index contributed by atoms with van der Waals surface area (Å²) in [6, 6.07) is 5.26. The van der Waals surface area contributed by atoms with Gasteiger partial charge in [0.05, 0.1) is 0 Å². The summed E-state index contributed by atoms with van der Waals surface area (Å²) in [4.78, 5) is 11.6. The molecule has 0 saturated heterocycles. The molecule has 0 atom stereocenters. The second-order valence-corrected chi connectivity index (χ2v) is 3.99. The van der Waals surface area contributed by atoms with E-state index in [4.69, 9.17) is 14.9 Å². The molecule has 1 amide bonds. The highest BCUT2D eigenvalue weighted by Gasteiger charge is 2.09. The quantitative estimate of drug-likeness (QED) is 0.804. The number of aryl methyl sites for hydroxylation is 2. The average Bonchev–Trinajstić information content (AvgIpc) is 2.73. The van der Waals surface area contributed by atoms with Gasteiger partial charge < -0.3 is 14.9 Å². The third-order valence-corrected chi connectivity index (χ3v) is 2.33. The maximum atomic E-state index is 11.6. The molecule has 100 valence electrons. The number of carbonyl (C=O) groups is 1. The lowest BCUT2D eigenvalue weighted by atomic mass is 10.2. The van der Waals surface area contributed by atoms with Crippen LogP contribution >= 0.6 is 0 Å². The molecule has 1 aromatic carbocycles. The van der Waals surface area contributed by atoms with E-state index < -0.39 is 0 Å². The zero-order chi connectivity index (χ0) is 13.8. The van der Waals surface area contributed by atoms with Crippen LogP contribution in [-0.2, 0) is 4.79 Å². The van der Waals surface area contributed by atoms with Gasteiger partial charge in [-0.3, -0.25) is 10.1 Å². The fraction of sp³-hybridized carbons (Fsp3) is 0.250. The summed E-state index contributed by atoms with van der Waals surface area (Å²) in [5.74, 6) is 0.608. The second-order valence-electron chi connectivity index (χ2n) is 3.99. The summed E-state index contributed by atoms with van der Waals surface area (Å²) in [7, 11) is 0. The first-order valence-corrected chi connectivity index (χ1v) is 5.63. The number of ether oxygens (including phenoxy) is 1. The number of nitrogen functional groups attached to an aromatic ring is 1. The Bertz CT molecular complexity index is 594. The van der Waals surface area contributed by atoms with Crippen LogP contribution in [0, 0.1) is 13.8 Å². The Morgan fingerprint density at radius 3 is 2.84 bits per heavy atom. The summed E-state index contributed by atoms with van der Waals surface area (Å²) in [5.41, 5.74) is 7.14. The fourth-order valence-electron chi connectivity index (χ4n) is 1.48. The van der Waals surface area contributed by atoms with Crippen molar-refractivity contribution >= 4 is 17.6 Å². The molecule has 0 aliphatic carbocycles. The van der Waals surface area contributed by atoms with Crippen molar-refractivity contribution in [3.63, 3.8) is 0 Å². The Balaban J connectivity index is 1.89. The molecule has 0 radical (unpaired) electrons. The summed E-state index contributed by atoms with van der Waals surface area (Å²) in [5, 5.41) is 9.68. The van der Waals surface area contributed by atoms with E-state index in [0.717, 1.165) is 5.56 Å². The third-order valence-electron chi connectivity index (χ3n) is 2.33. The van der Waals surface area contributed by atoms with Crippen molar-refractivity contribution in [3.8, 4) is 5.75 Å². The standard InChI is InChI=1S/C12H14N4O3/c1-7-5-9(13)3-4-10(7)18-6-11(17)14-12-16-15-8(2)19-12/h3-5H,6,13H2,1-2H3,(H,14,16,17). The molecule has 0 aliphatic heterocycles. The smallest absolute Gasteiger partial charge is 0.322 e. The third kappa shape index (κ3) is 3.44. The Labute approximate surface area is 109 Å². The average molecular weight is 262 g/mol. The topological polar surface area (TPSA) is 103 Å². The van der Waals surface area contributed by atoms with E-state index in [1.165, 1.54) is 0 Å². The Morgan fingerprint density at radius 2 is 2.21 bits per heavy atom. The molecule has 0 fully saturated rings. The molecule has 1 heterocycles. The van der Waals surface area contributed by atoms with Crippen LogP contribution < -0.4 is 15.8 Å². The van der Waals surface area contributed by atoms with Crippen LogP contribution in [0.1, 0.15) is 11.5 Å². The zero-order valence-corrected chi connectivity index (χ0v) is 10.6. The van der Waals surface area contributed by atoms with E-state index in [1.807, 2.05) is 6.92 Å². The summed E-state index contributed by atoms with van der Waals surface area (Å²) in [6.45, 7) is 3.34. The number of hydrogen-bond acceptors (Lipinski definition) is 6. The summed E-state index contributed by atoms with van der Waals surface area (Å²) < 4.78 is 10.4. The van der Waals surface area contributed by atoms with Crippen molar-refractivity contribution in [2.75, 3.05) is 17.7 Å². The summed E-state index contributed by atoms with van der Waals surface area (Å²) >= 11 is 0. The van der Waals surface area contributed by atoms with E-state index in [0.29, 0.717) is 17.3 Å². The highest BCUT2D eigenvalue weighted by atomic mass is 16.5. The number of hydrogen-bond donors (Lipinski definition) is 2. The maximum absolute atomic E-state index is 11.6. The predicted octanol–water partition coefficient (Wildman–Crippen LogP) is 1.29. The number of rotatable bonds is 4. The van der Waals surface area contributed by atoms with E-state index >= 15 is 0 Å². The molecule has 2 rings (SSSR count). The van der Waals surface area contributed by atoms with Crippen LogP contribution in [0.25, 0.3) is 0 Å². The first-order chi connectivity index (χ1) is 9.04. The molecule has 19 heavy (non-hydrogen) atoms. The number of amides is 1. The van der Waals surface area contributed by atoms with Crippen molar-refractivity contribution in [1.29, 1.82) is 0 Å². The lowest BCUT2D eigenvalue weighted by Crippen LogP contribution is -2.20. The van der Waals surface area contributed by atoms with E-state index in [2.05, 4.69) is 15.5 Å². The minimum atomic E-state index is -0.375. The van der Waals surface area contributed by atoms with Gasteiger partial charge in [-0.1, -0.05) is 5.10 Å². The van der Waals surface area contributed by atoms with Crippen LogP contribution in [0.3, 0.4) is 0 Å². The number of aromatic nitrogens is 2. The first-order valence-electron chi connectivity index (χ1n) is 5.63. The highest BCUT2D eigenvalue weighted by Crippen LogP contribution is 2.20. The number of carbonyl (C=O) groups excluding carboxylic acids is 1.